The van der Waals surface area contributed by atoms with Crippen LogP contribution in [0, 0.1) is 0 Å². The lowest BCUT2D eigenvalue weighted by atomic mass is 10.1. The summed E-state index contributed by atoms with van der Waals surface area (Å²) in [4.78, 5) is 35.0. The Balaban J connectivity index is 1.66. The van der Waals surface area contributed by atoms with E-state index in [1.165, 1.54) is 12.3 Å². The summed E-state index contributed by atoms with van der Waals surface area (Å²) in [6, 6.07) is 5.18. The van der Waals surface area contributed by atoms with Gasteiger partial charge in [-0.2, -0.15) is 13.2 Å². The number of alkyl halides is 3. The van der Waals surface area contributed by atoms with Crippen LogP contribution in [0.15, 0.2) is 35.3 Å². The van der Waals surface area contributed by atoms with Crippen molar-refractivity contribution in [1.82, 2.24) is 15.3 Å². The second-order valence-corrected chi connectivity index (χ2v) is 7.25. The normalized spacial score (nSPS) is 15.8. The third-order valence-electron chi connectivity index (χ3n) is 5.14. The minimum Gasteiger partial charge on any atom is -0.368 e. The Bertz CT molecular complexity index is 952. The summed E-state index contributed by atoms with van der Waals surface area (Å²) in [5, 5.41) is 2.73. The predicted octanol–water partition coefficient (Wildman–Crippen LogP) is 2.64. The maximum absolute atomic E-state index is 12.9. The van der Waals surface area contributed by atoms with Crippen molar-refractivity contribution in [2.45, 2.75) is 32.5 Å². The van der Waals surface area contributed by atoms with Crippen molar-refractivity contribution in [2.75, 3.05) is 36.0 Å². The quantitative estimate of drug-likeness (QED) is 0.773. The van der Waals surface area contributed by atoms with Gasteiger partial charge in [0.2, 0.25) is 5.95 Å². The van der Waals surface area contributed by atoms with E-state index in [4.69, 9.17) is 0 Å². The molecule has 2 N–H and O–H groups in total. The summed E-state index contributed by atoms with van der Waals surface area (Å²) >= 11 is 0. The number of carbonyl (C=O) groups excluding carboxylic acids is 1. The van der Waals surface area contributed by atoms with E-state index >= 15 is 0 Å². The van der Waals surface area contributed by atoms with Crippen LogP contribution in [0.25, 0.3) is 0 Å². The molecular weight excluding hydrogens is 399 g/mol. The van der Waals surface area contributed by atoms with Gasteiger partial charge in [0.25, 0.3) is 11.5 Å². The fraction of sp³-hybridized carbons (Fsp3) is 0.450. The fourth-order valence-electron chi connectivity index (χ4n) is 3.17. The Labute approximate surface area is 171 Å². The van der Waals surface area contributed by atoms with E-state index in [1.807, 2.05) is 23.6 Å². The minimum absolute atomic E-state index is 0.0540. The van der Waals surface area contributed by atoms with Gasteiger partial charge in [-0.15, -0.1) is 0 Å². The number of nitrogens with one attached hydrogen (secondary N) is 2. The van der Waals surface area contributed by atoms with Gasteiger partial charge < -0.3 is 15.1 Å². The molecule has 2 heterocycles. The maximum Gasteiger partial charge on any atom is 0.416 e. The molecule has 0 radical (unpaired) electrons. The van der Waals surface area contributed by atoms with Gasteiger partial charge in [-0.3, -0.25) is 14.6 Å². The largest absolute Gasteiger partial charge is 0.416 e. The fourth-order valence-corrected chi connectivity index (χ4v) is 3.17. The lowest BCUT2D eigenvalue weighted by Gasteiger charge is -2.36. The smallest absolute Gasteiger partial charge is 0.368 e. The Morgan fingerprint density at radius 1 is 1.23 bits per heavy atom. The molecule has 7 nitrogen and oxygen atoms in total. The molecule has 1 saturated heterocycles. The van der Waals surface area contributed by atoms with Gasteiger partial charge in [-0.25, -0.2) is 4.98 Å². The molecule has 1 aliphatic heterocycles. The molecule has 0 aliphatic carbocycles. The van der Waals surface area contributed by atoms with E-state index in [0.29, 0.717) is 37.8 Å². The molecule has 0 unspecified atom stereocenters. The number of carbonyl (C=O) groups is 1. The lowest BCUT2D eigenvalue weighted by Crippen LogP contribution is -2.47. The van der Waals surface area contributed by atoms with E-state index in [-0.39, 0.29) is 11.6 Å². The number of piperazine rings is 1. The zero-order valence-corrected chi connectivity index (χ0v) is 16.8. The molecule has 0 saturated carbocycles. The number of aromatic nitrogens is 2. The SMILES string of the molecule is CC[C@H](C)NC(=O)c1cnc(N2CCN(c3cccc(C(F)(F)F)c3)CC2)[nH]c1=O. The number of amides is 1. The van der Waals surface area contributed by atoms with Crippen LogP contribution in [-0.4, -0.2) is 48.1 Å². The Hall–Kier alpha value is -3.04. The number of hydrogen-bond acceptors (Lipinski definition) is 5. The first-order valence-electron chi connectivity index (χ1n) is 9.76. The van der Waals surface area contributed by atoms with Gasteiger partial charge in [0.15, 0.2) is 0 Å². The molecule has 1 amide bonds. The van der Waals surface area contributed by atoms with Crippen LogP contribution >= 0.6 is 0 Å². The Morgan fingerprint density at radius 3 is 2.50 bits per heavy atom. The summed E-state index contributed by atoms with van der Waals surface area (Å²) in [6.07, 6.45) is -2.39. The molecule has 0 bridgehead atoms. The van der Waals surface area contributed by atoms with Crippen molar-refractivity contribution in [3.05, 3.63) is 51.9 Å². The number of H-pyrrole nitrogens is 1. The van der Waals surface area contributed by atoms with Crippen LogP contribution < -0.4 is 20.7 Å². The van der Waals surface area contributed by atoms with Crippen LogP contribution in [0.5, 0.6) is 0 Å². The third-order valence-corrected chi connectivity index (χ3v) is 5.14. The molecule has 30 heavy (non-hydrogen) atoms. The van der Waals surface area contributed by atoms with Gasteiger partial charge in [0.05, 0.1) is 5.56 Å². The van der Waals surface area contributed by atoms with Crippen molar-refractivity contribution in [2.24, 2.45) is 0 Å². The molecule has 1 aromatic heterocycles. The van der Waals surface area contributed by atoms with Crippen molar-refractivity contribution in [3.8, 4) is 0 Å². The van der Waals surface area contributed by atoms with Crippen LogP contribution in [0.4, 0.5) is 24.8 Å². The number of nitrogens with zero attached hydrogens (tertiary/aromatic N) is 3. The molecule has 3 rings (SSSR count). The minimum atomic E-state index is -4.38. The van der Waals surface area contributed by atoms with E-state index in [9.17, 15) is 22.8 Å². The van der Waals surface area contributed by atoms with Crippen LogP contribution in [0.2, 0.25) is 0 Å². The van der Waals surface area contributed by atoms with E-state index in [1.54, 1.807) is 6.07 Å². The van der Waals surface area contributed by atoms with E-state index in [2.05, 4.69) is 15.3 Å². The highest BCUT2D eigenvalue weighted by molar-refractivity contribution is 5.93. The first kappa shape index (κ1) is 21.7. The first-order valence-corrected chi connectivity index (χ1v) is 9.76. The number of anilines is 2. The highest BCUT2D eigenvalue weighted by Gasteiger charge is 2.31. The molecule has 1 aromatic carbocycles. The van der Waals surface area contributed by atoms with Crippen molar-refractivity contribution < 1.29 is 18.0 Å². The zero-order chi connectivity index (χ0) is 21.9. The summed E-state index contributed by atoms with van der Waals surface area (Å²) < 4.78 is 38.8. The topological polar surface area (TPSA) is 81.3 Å². The number of halogens is 3. The second-order valence-electron chi connectivity index (χ2n) is 7.25. The van der Waals surface area contributed by atoms with Crippen LogP contribution in [-0.2, 0) is 6.18 Å². The summed E-state index contributed by atoms with van der Waals surface area (Å²) in [7, 11) is 0. The van der Waals surface area contributed by atoms with Crippen LogP contribution in [0.3, 0.4) is 0 Å². The predicted molar refractivity (Wildman–Crippen MR) is 108 cm³/mol. The molecule has 1 aliphatic rings. The molecule has 1 fully saturated rings. The van der Waals surface area contributed by atoms with Crippen molar-refractivity contribution in [1.29, 1.82) is 0 Å². The molecule has 1 atom stereocenters. The number of hydrogen-bond donors (Lipinski definition) is 2. The van der Waals surface area contributed by atoms with Gasteiger partial charge in [-0.05, 0) is 31.5 Å². The second kappa shape index (κ2) is 8.76. The Morgan fingerprint density at radius 2 is 1.90 bits per heavy atom. The number of benzene rings is 1. The van der Waals surface area contributed by atoms with Crippen LogP contribution in [0.1, 0.15) is 36.2 Å². The summed E-state index contributed by atoms with van der Waals surface area (Å²) in [5.41, 5.74) is -0.759. The molecular formula is C20H24F3N5O2. The van der Waals surface area contributed by atoms with Crippen molar-refractivity contribution >= 4 is 17.5 Å². The summed E-state index contributed by atoms with van der Waals surface area (Å²) in [5.74, 6) is -0.136. The van der Waals surface area contributed by atoms with Gasteiger partial charge in [-0.1, -0.05) is 13.0 Å². The van der Waals surface area contributed by atoms with Gasteiger partial charge in [0, 0.05) is 44.1 Å². The van der Waals surface area contributed by atoms with E-state index in [0.717, 1.165) is 18.6 Å². The Kier molecular flexibility index (Phi) is 6.33. The van der Waals surface area contributed by atoms with Gasteiger partial charge in [0.1, 0.15) is 5.56 Å². The first-order chi connectivity index (χ1) is 14.2. The van der Waals surface area contributed by atoms with Gasteiger partial charge >= 0.3 is 6.18 Å². The summed E-state index contributed by atoms with van der Waals surface area (Å²) in [6.45, 7) is 5.66. The number of rotatable bonds is 5. The average molecular weight is 423 g/mol. The molecule has 2 aromatic rings. The average Bonchev–Trinajstić information content (AvgIpc) is 2.73. The zero-order valence-electron chi connectivity index (χ0n) is 16.8. The molecule has 10 heteroatoms. The maximum atomic E-state index is 12.9. The third kappa shape index (κ3) is 4.92. The number of aromatic amines is 1. The lowest BCUT2D eigenvalue weighted by molar-refractivity contribution is -0.137. The molecule has 0 spiro atoms. The van der Waals surface area contributed by atoms with Crippen molar-refractivity contribution in [3.63, 3.8) is 0 Å². The highest BCUT2D eigenvalue weighted by Crippen LogP contribution is 2.32. The molecule has 162 valence electrons. The monoisotopic (exact) mass is 423 g/mol. The standard InChI is InChI=1S/C20H24F3N5O2/c1-3-13(2)25-17(29)16-12-24-19(26-18(16)30)28-9-7-27(8-10-28)15-6-4-5-14(11-15)20(21,22)23/h4-6,11-13H,3,7-10H2,1-2H3,(H,25,29)(H,24,26,30)/t13-/m0/s1. The highest BCUT2D eigenvalue weighted by atomic mass is 19.4. The van der Waals surface area contributed by atoms with E-state index < -0.39 is 23.2 Å².